The molecule has 0 aliphatic carbocycles. The lowest BCUT2D eigenvalue weighted by Gasteiger charge is -2.15. The van der Waals surface area contributed by atoms with E-state index in [1.165, 1.54) is 6.92 Å². The predicted molar refractivity (Wildman–Crippen MR) is 59.7 cm³/mol. The number of aliphatic carboxylic acids is 1. The lowest BCUT2D eigenvalue weighted by Crippen LogP contribution is -2.37. The number of carbonyl (C=O) groups is 2. The molecule has 0 aromatic heterocycles. The highest BCUT2D eigenvalue weighted by Crippen LogP contribution is 2.14. The summed E-state index contributed by atoms with van der Waals surface area (Å²) < 4.78 is 5.06. The van der Waals surface area contributed by atoms with Gasteiger partial charge < -0.3 is 14.6 Å². The fourth-order valence-electron chi connectivity index (χ4n) is 1.05. The highest BCUT2D eigenvalue weighted by Gasteiger charge is 2.06. The Morgan fingerprint density at radius 3 is 2.38 bits per heavy atom. The Labute approximate surface area is 101 Å². The maximum Gasteiger partial charge on any atom is 0.173 e. The Hall–Kier alpha value is -1.36. The third-order valence-electron chi connectivity index (χ3n) is 1.94. The zero-order chi connectivity index (χ0) is 12.1. The van der Waals surface area contributed by atoms with E-state index in [1.54, 1.807) is 24.3 Å². The summed E-state index contributed by atoms with van der Waals surface area (Å²) in [7, 11) is 0. The van der Waals surface area contributed by atoms with E-state index in [-0.39, 0.29) is 11.1 Å². The summed E-state index contributed by atoms with van der Waals surface area (Å²) in [5.74, 6) is -0.928. The third kappa shape index (κ3) is 3.34. The smallest absolute Gasteiger partial charge is 0.173 e. The molecule has 1 aromatic carbocycles. The minimum atomic E-state index is -1.28. The van der Waals surface area contributed by atoms with Crippen molar-refractivity contribution in [2.75, 3.05) is 5.33 Å². The molecule has 86 valence electrons. The number of rotatable bonds is 5. The second kappa shape index (κ2) is 5.65. The summed E-state index contributed by atoms with van der Waals surface area (Å²) >= 11 is 3.06. The molecule has 0 saturated heterocycles. The highest BCUT2D eigenvalue weighted by atomic mass is 79.9. The molecule has 4 nitrogen and oxygen atoms in total. The number of halogens is 1. The minimum absolute atomic E-state index is 0.0421. The van der Waals surface area contributed by atoms with Gasteiger partial charge in [0.15, 0.2) is 5.78 Å². The van der Waals surface area contributed by atoms with E-state index in [9.17, 15) is 14.7 Å². The van der Waals surface area contributed by atoms with Crippen LogP contribution in [-0.2, 0) is 4.79 Å². The van der Waals surface area contributed by atoms with Crippen LogP contribution in [0.2, 0.25) is 0 Å². The van der Waals surface area contributed by atoms with Crippen LogP contribution in [0.4, 0.5) is 0 Å². The van der Waals surface area contributed by atoms with Gasteiger partial charge in [-0.2, -0.15) is 0 Å². The molecule has 5 heteroatoms. The average molecular weight is 286 g/mol. The number of carboxylic acids is 1. The topological polar surface area (TPSA) is 66.4 Å². The summed E-state index contributed by atoms with van der Waals surface area (Å²) in [5.41, 5.74) is 0.547. The van der Waals surface area contributed by atoms with E-state index in [1.807, 2.05) is 0 Å². The standard InChI is InChI=1S/C11H11BrO4/c1-7(11(14)15)16-9-4-2-8(3-5-9)10(13)6-12/h2-5,7H,6H2,1H3,(H,14,15)/p-1. The van der Waals surface area contributed by atoms with Gasteiger partial charge in [0.05, 0.1) is 11.3 Å². The van der Waals surface area contributed by atoms with Gasteiger partial charge in [-0.1, -0.05) is 15.9 Å². The van der Waals surface area contributed by atoms with Gasteiger partial charge in [0.1, 0.15) is 11.9 Å². The first-order valence-corrected chi connectivity index (χ1v) is 5.73. The van der Waals surface area contributed by atoms with Crippen LogP contribution >= 0.6 is 15.9 Å². The second-order valence-electron chi connectivity index (χ2n) is 3.16. The lowest BCUT2D eigenvalue weighted by molar-refractivity contribution is -0.312. The Morgan fingerprint density at radius 1 is 1.38 bits per heavy atom. The minimum Gasteiger partial charge on any atom is -0.546 e. The molecule has 0 fully saturated rings. The number of carbonyl (C=O) groups excluding carboxylic acids is 2. The molecular formula is C11H10BrO4-. The molecule has 1 rings (SSSR count). The fraction of sp³-hybridized carbons (Fsp3) is 0.273. The summed E-state index contributed by atoms with van der Waals surface area (Å²) in [6.07, 6.45) is -1.02. The van der Waals surface area contributed by atoms with Crippen molar-refractivity contribution in [3.05, 3.63) is 29.8 Å². The fourth-order valence-corrected chi connectivity index (χ4v) is 1.37. The van der Waals surface area contributed by atoms with Gasteiger partial charge in [-0.15, -0.1) is 0 Å². The number of hydrogen-bond acceptors (Lipinski definition) is 4. The lowest BCUT2D eigenvalue weighted by atomic mass is 10.1. The summed E-state index contributed by atoms with van der Waals surface area (Å²) in [4.78, 5) is 21.7. The first kappa shape index (κ1) is 12.7. The van der Waals surface area contributed by atoms with Gasteiger partial charge in [0.2, 0.25) is 0 Å². The van der Waals surface area contributed by atoms with Crippen molar-refractivity contribution in [2.45, 2.75) is 13.0 Å². The van der Waals surface area contributed by atoms with Crippen molar-refractivity contribution in [1.82, 2.24) is 0 Å². The molecular weight excluding hydrogens is 276 g/mol. The molecule has 1 atom stereocenters. The molecule has 0 heterocycles. The molecule has 0 radical (unpaired) electrons. The molecule has 0 amide bonds. The number of Topliss-reactive ketones (excluding diaryl/α,β-unsaturated/α-hetero) is 1. The van der Waals surface area contributed by atoms with Crippen LogP contribution in [0, 0.1) is 0 Å². The molecule has 0 bridgehead atoms. The van der Waals surface area contributed by atoms with Gasteiger partial charge in [0.25, 0.3) is 0 Å². The Morgan fingerprint density at radius 2 is 1.94 bits per heavy atom. The summed E-state index contributed by atoms with van der Waals surface area (Å²) in [6.45, 7) is 1.38. The maximum absolute atomic E-state index is 11.3. The van der Waals surface area contributed by atoms with Crippen molar-refractivity contribution < 1.29 is 19.4 Å². The van der Waals surface area contributed by atoms with Crippen molar-refractivity contribution in [1.29, 1.82) is 0 Å². The van der Waals surface area contributed by atoms with Gasteiger partial charge in [-0.3, -0.25) is 4.79 Å². The molecule has 1 unspecified atom stereocenters. The van der Waals surface area contributed by atoms with Crippen LogP contribution in [0.5, 0.6) is 5.75 Å². The maximum atomic E-state index is 11.3. The van der Waals surface area contributed by atoms with E-state index < -0.39 is 12.1 Å². The third-order valence-corrected chi connectivity index (χ3v) is 2.45. The molecule has 0 aliphatic rings. The van der Waals surface area contributed by atoms with Crippen LogP contribution in [0.3, 0.4) is 0 Å². The van der Waals surface area contributed by atoms with Gasteiger partial charge in [0, 0.05) is 5.56 Å². The monoisotopic (exact) mass is 285 g/mol. The van der Waals surface area contributed by atoms with E-state index in [0.29, 0.717) is 11.3 Å². The Balaban J connectivity index is 2.72. The normalized spacial score (nSPS) is 11.9. The van der Waals surface area contributed by atoms with E-state index in [0.717, 1.165) is 0 Å². The van der Waals surface area contributed by atoms with E-state index in [2.05, 4.69) is 15.9 Å². The van der Waals surface area contributed by atoms with Crippen LogP contribution in [0.25, 0.3) is 0 Å². The molecule has 0 spiro atoms. The van der Waals surface area contributed by atoms with Crippen LogP contribution in [0.15, 0.2) is 24.3 Å². The quantitative estimate of drug-likeness (QED) is 0.592. The van der Waals surface area contributed by atoms with Crippen molar-refractivity contribution in [2.24, 2.45) is 0 Å². The number of benzene rings is 1. The average Bonchev–Trinajstić information content (AvgIpc) is 2.28. The first-order valence-electron chi connectivity index (χ1n) is 4.61. The number of alkyl halides is 1. The summed E-state index contributed by atoms with van der Waals surface area (Å²) in [5, 5.41) is 10.7. The highest BCUT2D eigenvalue weighted by molar-refractivity contribution is 9.09. The number of hydrogen-bond donors (Lipinski definition) is 0. The Bertz CT molecular complexity index is 385. The molecule has 0 N–H and O–H groups in total. The van der Waals surface area contributed by atoms with Crippen LogP contribution < -0.4 is 9.84 Å². The van der Waals surface area contributed by atoms with Gasteiger partial charge in [-0.05, 0) is 31.2 Å². The largest absolute Gasteiger partial charge is 0.546 e. The number of carboxylic acid groups (broad SMARTS) is 1. The zero-order valence-corrected chi connectivity index (χ0v) is 10.2. The number of ketones is 1. The molecule has 0 aliphatic heterocycles. The first-order chi connectivity index (χ1) is 7.54. The zero-order valence-electron chi connectivity index (χ0n) is 8.60. The second-order valence-corrected chi connectivity index (χ2v) is 3.72. The SMILES string of the molecule is CC(Oc1ccc(C(=O)CBr)cc1)C(=O)[O-]. The Kier molecular flexibility index (Phi) is 4.49. The van der Waals surface area contributed by atoms with Crippen molar-refractivity contribution >= 4 is 27.7 Å². The van der Waals surface area contributed by atoms with Crippen molar-refractivity contribution in [3.8, 4) is 5.75 Å². The van der Waals surface area contributed by atoms with Gasteiger partial charge >= 0.3 is 0 Å². The molecule has 0 saturated carbocycles. The number of ether oxygens (including phenoxy) is 1. The summed E-state index contributed by atoms with van der Waals surface area (Å²) in [6, 6.07) is 6.27. The molecule has 16 heavy (non-hydrogen) atoms. The van der Waals surface area contributed by atoms with E-state index in [4.69, 9.17) is 4.74 Å². The van der Waals surface area contributed by atoms with E-state index >= 15 is 0 Å². The molecule has 1 aromatic rings. The predicted octanol–water partition coefficient (Wildman–Crippen LogP) is 0.781. The van der Waals surface area contributed by atoms with Crippen molar-refractivity contribution in [3.63, 3.8) is 0 Å². The van der Waals surface area contributed by atoms with Crippen LogP contribution in [-0.4, -0.2) is 23.2 Å². The van der Waals surface area contributed by atoms with Gasteiger partial charge in [-0.25, -0.2) is 0 Å². The van der Waals surface area contributed by atoms with Crippen LogP contribution in [0.1, 0.15) is 17.3 Å².